The Bertz CT molecular complexity index is 597. The molecule has 1 N–H and O–H groups in total. The summed E-state index contributed by atoms with van der Waals surface area (Å²) in [5.74, 6) is 0.783. The van der Waals surface area contributed by atoms with Gasteiger partial charge in [-0.25, -0.2) is 9.97 Å². The zero-order valence-electron chi connectivity index (χ0n) is 8.06. The molecule has 0 bridgehead atoms. The first-order valence-corrected chi connectivity index (χ1v) is 5.44. The number of aromatic amines is 1. The van der Waals surface area contributed by atoms with Gasteiger partial charge in [-0.1, -0.05) is 0 Å². The Morgan fingerprint density at radius 3 is 3.00 bits per heavy atom. The summed E-state index contributed by atoms with van der Waals surface area (Å²) in [5, 5.41) is 8.89. The summed E-state index contributed by atoms with van der Waals surface area (Å²) in [4.78, 5) is 8.82. The SMILES string of the molecule is Cc1nc(-c2ccn[nH]2)c2sccc2n1. The lowest BCUT2D eigenvalue weighted by Crippen LogP contribution is -1.91. The van der Waals surface area contributed by atoms with Gasteiger partial charge in [-0.2, -0.15) is 5.10 Å². The maximum atomic E-state index is 4.44. The van der Waals surface area contributed by atoms with Crippen LogP contribution >= 0.6 is 11.3 Å². The molecule has 5 heteroatoms. The maximum Gasteiger partial charge on any atom is 0.126 e. The van der Waals surface area contributed by atoms with Crippen LogP contribution in [-0.4, -0.2) is 20.2 Å². The largest absolute Gasteiger partial charge is 0.276 e. The van der Waals surface area contributed by atoms with E-state index in [0.717, 1.165) is 27.4 Å². The number of nitrogens with zero attached hydrogens (tertiary/aromatic N) is 3. The highest BCUT2D eigenvalue weighted by Crippen LogP contribution is 2.28. The Labute approximate surface area is 90.0 Å². The minimum Gasteiger partial charge on any atom is -0.276 e. The molecule has 3 aromatic heterocycles. The molecule has 15 heavy (non-hydrogen) atoms. The summed E-state index contributed by atoms with van der Waals surface area (Å²) in [6.07, 6.45) is 1.73. The molecule has 0 spiro atoms. The molecule has 3 rings (SSSR count). The van der Waals surface area contributed by atoms with Gasteiger partial charge in [0.2, 0.25) is 0 Å². The highest BCUT2D eigenvalue weighted by Gasteiger charge is 2.09. The third-order valence-electron chi connectivity index (χ3n) is 2.17. The van der Waals surface area contributed by atoms with Gasteiger partial charge in [0.1, 0.15) is 11.5 Å². The van der Waals surface area contributed by atoms with E-state index in [9.17, 15) is 0 Å². The number of H-pyrrole nitrogens is 1. The molecule has 0 saturated heterocycles. The van der Waals surface area contributed by atoms with Crippen molar-refractivity contribution in [3.63, 3.8) is 0 Å². The number of thiophene rings is 1. The first-order chi connectivity index (χ1) is 7.34. The second-order valence-electron chi connectivity index (χ2n) is 3.22. The zero-order valence-corrected chi connectivity index (χ0v) is 8.88. The van der Waals surface area contributed by atoms with E-state index >= 15 is 0 Å². The summed E-state index contributed by atoms with van der Waals surface area (Å²) in [5.41, 5.74) is 2.87. The molecular formula is C10H8N4S. The van der Waals surface area contributed by atoms with E-state index in [1.165, 1.54) is 0 Å². The molecule has 0 fully saturated rings. The molecule has 0 atom stereocenters. The van der Waals surface area contributed by atoms with Crippen LogP contribution in [0.15, 0.2) is 23.7 Å². The van der Waals surface area contributed by atoms with Crippen molar-refractivity contribution in [1.82, 2.24) is 20.2 Å². The number of hydrogen-bond acceptors (Lipinski definition) is 4. The van der Waals surface area contributed by atoms with Gasteiger partial charge in [0.25, 0.3) is 0 Å². The van der Waals surface area contributed by atoms with Gasteiger partial charge in [0, 0.05) is 6.20 Å². The summed E-state index contributed by atoms with van der Waals surface area (Å²) in [6, 6.07) is 3.93. The molecule has 0 saturated carbocycles. The molecule has 0 aliphatic rings. The second kappa shape index (κ2) is 3.13. The van der Waals surface area contributed by atoms with E-state index < -0.39 is 0 Å². The Morgan fingerprint density at radius 1 is 1.27 bits per heavy atom. The lowest BCUT2D eigenvalue weighted by Gasteiger charge is -2.00. The number of rotatable bonds is 1. The quantitative estimate of drug-likeness (QED) is 0.679. The van der Waals surface area contributed by atoms with Crippen LogP contribution in [0.3, 0.4) is 0 Å². The fourth-order valence-electron chi connectivity index (χ4n) is 1.55. The van der Waals surface area contributed by atoms with Crippen molar-refractivity contribution in [3.8, 4) is 11.4 Å². The first-order valence-electron chi connectivity index (χ1n) is 4.56. The summed E-state index contributed by atoms with van der Waals surface area (Å²) >= 11 is 1.65. The first kappa shape index (κ1) is 8.55. The van der Waals surface area contributed by atoms with Crippen LogP contribution in [0.4, 0.5) is 0 Å². The lowest BCUT2D eigenvalue weighted by molar-refractivity contribution is 1.06. The van der Waals surface area contributed by atoms with E-state index in [4.69, 9.17) is 0 Å². The minimum absolute atomic E-state index is 0.783. The van der Waals surface area contributed by atoms with Crippen LogP contribution in [0.2, 0.25) is 0 Å². The Kier molecular flexibility index (Phi) is 1.78. The summed E-state index contributed by atoms with van der Waals surface area (Å²) < 4.78 is 1.10. The average molecular weight is 216 g/mol. The molecule has 0 radical (unpaired) electrons. The van der Waals surface area contributed by atoms with Gasteiger partial charge in [-0.05, 0) is 24.4 Å². The molecule has 0 aromatic carbocycles. The van der Waals surface area contributed by atoms with Crippen molar-refractivity contribution in [1.29, 1.82) is 0 Å². The maximum absolute atomic E-state index is 4.44. The van der Waals surface area contributed by atoms with Crippen LogP contribution < -0.4 is 0 Å². The van der Waals surface area contributed by atoms with Gasteiger partial charge in [-0.15, -0.1) is 11.3 Å². The fraction of sp³-hybridized carbons (Fsp3) is 0.100. The summed E-state index contributed by atoms with van der Waals surface area (Å²) in [7, 11) is 0. The van der Waals surface area contributed by atoms with Crippen molar-refractivity contribution in [2.24, 2.45) is 0 Å². The average Bonchev–Trinajstić information content (AvgIpc) is 2.86. The van der Waals surface area contributed by atoms with Crippen LogP contribution in [0.25, 0.3) is 21.6 Å². The summed E-state index contributed by atoms with van der Waals surface area (Å²) in [6.45, 7) is 1.90. The zero-order chi connectivity index (χ0) is 10.3. The molecule has 3 heterocycles. The number of hydrogen-bond donors (Lipinski definition) is 1. The predicted octanol–water partition coefficient (Wildman–Crippen LogP) is 2.39. The van der Waals surface area contributed by atoms with Gasteiger partial charge in [0.05, 0.1) is 15.9 Å². The lowest BCUT2D eigenvalue weighted by atomic mass is 10.2. The minimum atomic E-state index is 0.783. The topological polar surface area (TPSA) is 54.5 Å². The van der Waals surface area contributed by atoms with Crippen molar-refractivity contribution in [3.05, 3.63) is 29.5 Å². The standard InChI is InChI=1S/C10H8N4S/c1-6-12-8-3-5-15-10(8)9(13-6)7-2-4-11-14-7/h2-5H,1H3,(H,11,14). The third kappa shape index (κ3) is 1.32. The van der Waals surface area contributed by atoms with E-state index in [1.54, 1.807) is 17.5 Å². The Hall–Kier alpha value is -1.75. The van der Waals surface area contributed by atoms with Gasteiger partial charge in [-0.3, -0.25) is 5.10 Å². The molecule has 0 aliphatic carbocycles. The van der Waals surface area contributed by atoms with Gasteiger partial charge >= 0.3 is 0 Å². The second-order valence-corrected chi connectivity index (χ2v) is 4.14. The molecular weight excluding hydrogens is 208 g/mol. The Morgan fingerprint density at radius 2 is 2.20 bits per heavy atom. The number of fused-ring (bicyclic) bond motifs is 1. The number of aromatic nitrogens is 4. The van der Waals surface area contributed by atoms with Gasteiger partial charge in [0.15, 0.2) is 0 Å². The highest BCUT2D eigenvalue weighted by molar-refractivity contribution is 7.17. The fourth-order valence-corrected chi connectivity index (χ4v) is 2.38. The Balaban J connectivity index is 2.38. The normalized spacial score (nSPS) is 11.0. The molecule has 0 aliphatic heterocycles. The number of nitrogens with one attached hydrogen (secondary N) is 1. The predicted molar refractivity (Wildman–Crippen MR) is 59.7 cm³/mol. The van der Waals surface area contributed by atoms with E-state index in [2.05, 4.69) is 20.2 Å². The molecule has 0 amide bonds. The third-order valence-corrected chi connectivity index (χ3v) is 3.08. The van der Waals surface area contributed by atoms with E-state index in [0.29, 0.717) is 0 Å². The van der Waals surface area contributed by atoms with E-state index in [-0.39, 0.29) is 0 Å². The molecule has 74 valence electrons. The molecule has 4 nitrogen and oxygen atoms in total. The van der Waals surface area contributed by atoms with Crippen LogP contribution in [-0.2, 0) is 0 Å². The van der Waals surface area contributed by atoms with Crippen LogP contribution in [0.5, 0.6) is 0 Å². The molecule has 3 aromatic rings. The van der Waals surface area contributed by atoms with Crippen molar-refractivity contribution in [2.45, 2.75) is 6.92 Å². The van der Waals surface area contributed by atoms with Crippen molar-refractivity contribution >= 4 is 21.6 Å². The van der Waals surface area contributed by atoms with Gasteiger partial charge < -0.3 is 0 Å². The molecule has 0 unspecified atom stereocenters. The smallest absolute Gasteiger partial charge is 0.126 e. The number of aryl methyl sites for hydroxylation is 1. The highest BCUT2D eigenvalue weighted by atomic mass is 32.1. The monoisotopic (exact) mass is 216 g/mol. The van der Waals surface area contributed by atoms with Crippen LogP contribution in [0.1, 0.15) is 5.82 Å². The van der Waals surface area contributed by atoms with E-state index in [1.807, 2.05) is 24.4 Å². The van der Waals surface area contributed by atoms with Crippen LogP contribution in [0, 0.1) is 6.92 Å². The van der Waals surface area contributed by atoms with Crippen molar-refractivity contribution < 1.29 is 0 Å². The van der Waals surface area contributed by atoms with Crippen molar-refractivity contribution in [2.75, 3.05) is 0 Å².